The summed E-state index contributed by atoms with van der Waals surface area (Å²) in [6, 6.07) is 23.7. The molecule has 3 aromatic carbocycles. The monoisotopic (exact) mass is 417 g/mol. The van der Waals surface area contributed by atoms with Gasteiger partial charge in [-0.15, -0.1) is 6.58 Å². The molecular formula is C25H23NO5. The van der Waals surface area contributed by atoms with Crippen molar-refractivity contribution in [1.82, 2.24) is 0 Å². The zero-order chi connectivity index (χ0) is 22.1. The van der Waals surface area contributed by atoms with Gasteiger partial charge in [-0.2, -0.15) is 0 Å². The van der Waals surface area contributed by atoms with Gasteiger partial charge in [-0.05, 0) is 22.8 Å². The molecule has 0 saturated heterocycles. The highest BCUT2D eigenvalue weighted by molar-refractivity contribution is 5.89. The number of hydrogen-bond donors (Lipinski definition) is 2. The van der Waals surface area contributed by atoms with Gasteiger partial charge in [-0.3, -0.25) is 10.1 Å². The summed E-state index contributed by atoms with van der Waals surface area (Å²) in [5, 5.41) is 12.1. The minimum atomic E-state index is -1.08. The maximum Gasteiger partial charge on any atom is 0.411 e. The van der Waals surface area contributed by atoms with Gasteiger partial charge in [0.2, 0.25) is 0 Å². The van der Waals surface area contributed by atoms with Gasteiger partial charge in [-0.1, -0.05) is 72.8 Å². The Kier molecular flexibility index (Phi) is 7.43. The Morgan fingerprint density at radius 1 is 0.935 bits per heavy atom. The van der Waals surface area contributed by atoms with E-state index in [0.717, 1.165) is 11.1 Å². The van der Waals surface area contributed by atoms with Crippen LogP contribution in [0.5, 0.6) is 5.75 Å². The maximum absolute atomic E-state index is 12.4. The largest absolute Gasteiger partial charge is 0.489 e. The number of hydrogen-bond acceptors (Lipinski definition) is 4. The van der Waals surface area contributed by atoms with E-state index >= 15 is 0 Å². The van der Waals surface area contributed by atoms with Gasteiger partial charge >= 0.3 is 12.1 Å². The Balaban J connectivity index is 1.77. The Morgan fingerprint density at radius 3 is 2.13 bits per heavy atom. The number of amides is 1. The van der Waals surface area contributed by atoms with Crippen molar-refractivity contribution in [3.05, 3.63) is 108 Å². The van der Waals surface area contributed by atoms with Crippen molar-refractivity contribution in [2.75, 3.05) is 5.32 Å². The van der Waals surface area contributed by atoms with E-state index in [9.17, 15) is 14.7 Å². The summed E-state index contributed by atoms with van der Waals surface area (Å²) >= 11 is 0. The first-order valence-electron chi connectivity index (χ1n) is 9.70. The molecule has 0 radical (unpaired) electrons. The number of rotatable bonds is 9. The van der Waals surface area contributed by atoms with Crippen LogP contribution in [0.15, 0.2) is 91.5 Å². The Morgan fingerprint density at radius 2 is 1.55 bits per heavy atom. The summed E-state index contributed by atoms with van der Waals surface area (Å²) in [5.74, 6) is -1.58. The molecule has 0 aromatic heterocycles. The molecule has 6 heteroatoms. The van der Waals surface area contributed by atoms with Crippen LogP contribution in [0.3, 0.4) is 0 Å². The quantitative estimate of drug-likeness (QED) is 0.457. The summed E-state index contributed by atoms with van der Waals surface area (Å²) in [4.78, 5) is 24.0. The zero-order valence-electron chi connectivity index (χ0n) is 16.9. The summed E-state index contributed by atoms with van der Waals surface area (Å²) in [5.41, 5.74) is 2.49. The number of anilines is 1. The van der Waals surface area contributed by atoms with Crippen molar-refractivity contribution in [2.24, 2.45) is 0 Å². The number of carbonyl (C=O) groups excluding carboxylic acids is 1. The third-order valence-corrected chi connectivity index (χ3v) is 4.56. The molecule has 0 fully saturated rings. The van der Waals surface area contributed by atoms with E-state index in [4.69, 9.17) is 9.47 Å². The first-order chi connectivity index (χ1) is 15.1. The van der Waals surface area contributed by atoms with Crippen LogP contribution in [0.25, 0.3) is 0 Å². The predicted octanol–water partition coefficient (Wildman–Crippen LogP) is 5.37. The number of benzene rings is 3. The molecule has 0 spiro atoms. The normalized spacial score (nSPS) is 11.2. The average molecular weight is 417 g/mol. The van der Waals surface area contributed by atoms with Gasteiger partial charge < -0.3 is 14.6 Å². The third kappa shape index (κ3) is 6.21. The Labute approximate surface area is 180 Å². The minimum absolute atomic E-state index is 0.0933. The van der Waals surface area contributed by atoms with Gasteiger partial charge in [-0.25, -0.2) is 4.79 Å². The summed E-state index contributed by atoms with van der Waals surface area (Å²) in [6.45, 7) is 4.03. The number of aliphatic carboxylic acids is 1. The van der Waals surface area contributed by atoms with Crippen LogP contribution in [-0.4, -0.2) is 17.2 Å². The zero-order valence-corrected chi connectivity index (χ0v) is 16.9. The summed E-state index contributed by atoms with van der Waals surface area (Å²) in [7, 11) is 0. The lowest BCUT2D eigenvalue weighted by Gasteiger charge is -2.17. The third-order valence-electron chi connectivity index (χ3n) is 4.56. The number of carbonyl (C=O) groups is 2. The molecule has 0 saturated carbocycles. The van der Waals surface area contributed by atoms with Crippen LogP contribution >= 0.6 is 0 Å². The SMILES string of the molecule is C=CC(C(=O)O)c1ccc(OCc2ccccc2)cc1NC(=O)OCc1ccccc1. The molecule has 1 unspecified atom stereocenters. The van der Waals surface area contributed by atoms with Crippen molar-refractivity contribution in [3.63, 3.8) is 0 Å². The van der Waals surface area contributed by atoms with Gasteiger partial charge in [0.25, 0.3) is 0 Å². The van der Waals surface area contributed by atoms with E-state index in [1.807, 2.05) is 60.7 Å². The topological polar surface area (TPSA) is 84.9 Å². The van der Waals surface area contributed by atoms with E-state index in [1.165, 1.54) is 6.08 Å². The summed E-state index contributed by atoms with van der Waals surface area (Å²) < 4.78 is 11.1. The molecule has 0 aliphatic carbocycles. The second kappa shape index (κ2) is 10.6. The predicted molar refractivity (Wildman–Crippen MR) is 118 cm³/mol. The molecule has 2 N–H and O–H groups in total. The highest BCUT2D eigenvalue weighted by atomic mass is 16.5. The number of ether oxygens (including phenoxy) is 2. The van der Waals surface area contributed by atoms with E-state index in [2.05, 4.69) is 11.9 Å². The first kappa shape index (κ1) is 21.6. The molecule has 0 heterocycles. The molecule has 0 bridgehead atoms. The highest BCUT2D eigenvalue weighted by Gasteiger charge is 2.21. The maximum atomic E-state index is 12.4. The summed E-state index contributed by atoms with van der Waals surface area (Å²) in [6.07, 6.45) is 0.612. The molecule has 1 amide bonds. The fraction of sp³-hybridized carbons (Fsp3) is 0.120. The molecule has 1 atom stereocenters. The van der Waals surface area contributed by atoms with E-state index in [1.54, 1.807) is 18.2 Å². The van der Waals surface area contributed by atoms with Crippen molar-refractivity contribution in [2.45, 2.75) is 19.1 Å². The number of carboxylic acid groups (broad SMARTS) is 1. The molecule has 31 heavy (non-hydrogen) atoms. The lowest BCUT2D eigenvalue weighted by molar-refractivity contribution is -0.137. The number of nitrogens with one attached hydrogen (secondary N) is 1. The molecule has 3 aromatic rings. The minimum Gasteiger partial charge on any atom is -0.489 e. The smallest absolute Gasteiger partial charge is 0.411 e. The molecular weight excluding hydrogens is 394 g/mol. The van der Waals surface area contributed by atoms with Crippen molar-refractivity contribution in [3.8, 4) is 5.75 Å². The second-order valence-electron chi connectivity index (χ2n) is 6.76. The Bertz CT molecular complexity index is 1030. The molecule has 3 rings (SSSR count). The number of carboxylic acids is 1. The first-order valence-corrected chi connectivity index (χ1v) is 9.70. The van der Waals surface area contributed by atoms with E-state index < -0.39 is 18.0 Å². The van der Waals surface area contributed by atoms with Crippen LogP contribution in [-0.2, 0) is 22.7 Å². The van der Waals surface area contributed by atoms with Crippen molar-refractivity contribution < 1.29 is 24.2 Å². The Hall–Kier alpha value is -4.06. The highest BCUT2D eigenvalue weighted by Crippen LogP contribution is 2.30. The van der Waals surface area contributed by atoms with E-state index in [0.29, 0.717) is 17.9 Å². The lowest BCUT2D eigenvalue weighted by atomic mass is 9.97. The van der Waals surface area contributed by atoms with Gasteiger partial charge in [0.1, 0.15) is 24.9 Å². The molecule has 6 nitrogen and oxygen atoms in total. The van der Waals surface area contributed by atoms with Crippen molar-refractivity contribution >= 4 is 17.7 Å². The van der Waals surface area contributed by atoms with Crippen LogP contribution in [0.4, 0.5) is 10.5 Å². The van der Waals surface area contributed by atoms with Crippen molar-refractivity contribution in [1.29, 1.82) is 0 Å². The molecule has 158 valence electrons. The van der Waals surface area contributed by atoms with Crippen LogP contribution in [0.2, 0.25) is 0 Å². The fourth-order valence-corrected chi connectivity index (χ4v) is 2.98. The van der Waals surface area contributed by atoms with Crippen LogP contribution < -0.4 is 10.1 Å². The lowest BCUT2D eigenvalue weighted by Crippen LogP contribution is -2.17. The second-order valence-corrected chi connectivity index (χ2v) is 6.76. The molecule has 0 aliphatic rings. The van der Waals surface area contributed by atoms with Crippen LogP contribution in [0, 0.1) is 0 Å². The average Bonchev–Trinajstić information content (AvgIpc) is 2.79. The van der Waals surface area contributed by atoms with Gasteiger partial charge in [0.05, 0.1) is 5.69 Å². The van der Waals surface area contributed by atoms with Gasteiger partial charge in [0.15, 0.2) is 0 Å². The van der Waals surface area contributed by atoms with Gasteiger partial charge in [0, 0.05) is 6.07 Å². The molecule has 0 aliphatic heterocycles. The van der Waals surface area contributed by atoms with Crippen LogP contribution in [0.1, 0.15) is 22.6 Å². The standard InChI is InChI=1S/C25H23NO5/c1-2-21(24(27)28)22-14-13-20(30-16-18-9-5-3-6-10-18)15-23(22)26-25(29)31-17-19-11-7-4-8-12-19/h2-15,21H,1,16-17H2,(H,26,29)(H,27,28). The fourth-order valence-electron chi connectivity index (χ4n) is 2.98. The van der Waals surface area contributed by atoms with E-state index in [-0.39, 0.29) is 12.3 Å².